The molecule has 0 spiro atoms. The molecule has 0 unspecified atom stereocenters. The Labute approximate surface area is 125 Å². The first-order valence-electron chi connectivity index (χ1n) is 5.40. The predicted octanol–water partition coefficient (Wildman–Crippen LogP) is 4.62. The topological polar surface area (TPSA) is 47.6 Å². The number of hydrogen-bond acceptors (Lipinski definition) is 3. The Morgan fingerprint density at radius 3 is 2.20 bits per heavy atom. The van der Waals surface area contributed by atoms with Crippen LogP contribution in [0.3, 0.4) is 0 Å². The van der Waals surface area contributed by atoms with Gasteiger partial charge in [-0.2, -0.15) is 10.5 Å². The van der Waals surface area contributed by atoms with Crippen molar-refractivity contribution < 1.29 is 8.78 Å². The molecule has 0 aliphatic heterocycles. The Balaban J connectivity index is 2.47. The third kappa shape index (κ3) is 1.70. The van der Waals surface area contributed by atoms with Gasteiger partial charge < -0.3 is 0 Å². The van der Waals surface area contributed by atoms with Crippen molar-refractivity contribution in [2.75, 3.05) is 0 Å². The molecule has 2 nitrogen and oxygen atoms in total. The second-order valence-corrected chi connectivity index (χ2v) is 6.51. The van der Waals surface area contributed by atoms with E-state index >= 15 is 0 Å². The lowest BCUT2D eigenvalue weighted by Gasteiger charge is -2.03. The smallest absolute Gasteiger partial charge is 0.159 e. The molecular formula is C14H3BrF2N2S. The molecule has 0 saturated heterocycles. The fourth-order valence-electron chi connectivity index (χ4n) is 2.23. The first-order valence-corrected chi connectivity index (χ1v) is 7.01. The first-order chi connectivity index (χ1) is 9.56. The van der Waals surface area contributed by atoms with E-state index in [0.717, 1.165) is 15.9 Å². The molecule has 6 heteroatoms. The third-order valence-electron chi connectivity index (χ3n) is 3.02. The molecule has 0 N–H and O–H groups in total. The van der Waals surface area contributed by atoms with Crippen LogP contribution in [0.1, 0.15) is 10.4 Å². The number of nitrogens with zero attached hydrogens (tertiary/aromatic N) is 2. The molecule has 2 aromatic rings. The Bertz CT molecular complexity index is 853. The van der Waals surface area contributed by atoms with Gasteiger partial charge in [0.05, 0.1) is 3.79 Å². The van der Waals surface area contributed by atoms with E-state index in [-0.39, 0.29) is 5.57 Å². The first kappa shape index (κ1) is 13.0. The van der Waals surface area contributed by atoms with Crippen molar-refractivity contribution in [2.45, 2.75) is 0 Å². The van der Waals surface area contributed by atoms with Gasteiger partial charge in [-0.15, -0.1) is 11.3 Å². The average Bonchev–Trinajstić information content (AvgIpc) is 2.90. The number of benzene rings is 1. The van der Waals surface area contributed by atoms with Crippen LogP contribution in [0, 0.1) is 34.3 Å². The van der Waals surface area contributed by atoms with Crippen LogP contribution in [-0.4, -0.2) is 0 Å². The number of thiophene rings is 1. The maximum Gasteiger partial charge on any atom is 0.159 e. The van der Waals surface area contributed by atoms with E-state index in [1.54, 1.807) is 6.07 Å². The molecular weight excluding hydrogens is 346 g/mol. The summed E-state index contributed by atoms with van der Waals surface area (Å²) in [5.74, 6) is -1.94. The molecule has 0 fully saturated rings. The van der Waals surface area contributed by atoms with E-state index < -0.39 is 11.6 Å². The molecule has 20 heavy (non-hydrogen) atoms. The SMILES string of the molecule is N#CC(C#N)=C1c2cc(F)c(F)cc2-c2cc(Br)sc21. The fourth-order valence-corrected chi connectivity index (χ4v) is 3.91. The Kier molecular flexibility index (Phi) is 2.93. The molecule has 1 aromatic carbocycles. The van der Waals surface area contributed by atoms with Crippen LogP contribution in [0.4, 0.5) is 8.78 Å². The van der Waals surface area contributed by atoms with Crippen molar-refractivity contribution in [1.29, 1.82) is 10.5 Å². The maximum absolute atomic E-state index is 13.5. The summed E-state index contributed by atoms with van der Waals surface area (Å²) < 4.78 is 27.7. The lowest BCUT2D eigenvalue weighted by molar-refractivity contribution is 0.509. The monoisotopic (exact) mass is 348 g/mol. The van der Waals surface area contributed by atoms with Crippen molar-refractivity contribution in [2.24, 2.45) is 0 Å². The van der Waals surface area contributed by atoms with Crippen molar-refractivity contribution in [3.05, 3.63) is 49.6 Å². The summed E-state index contributed by atoms with van der Waals surface area (Å²) in [4.78, 5) is 0.676. The Morgan fingerprint density at radius 1 is 1.00 bits per heavy atom. The molecule has 3 rings (SSSR count). The zero-order valence-corrected chi connectivity index (χ0v) is 12.1. The van der Waals surface area contributed by atoms with Crippen LogP contribution in [0.5, 0.6) is 0 Å². The minimum absolute atomic E-state index is 0.106. The summed E-state index contributed by atoms with van der Waals surface area (Å²) in [5.41, 5.74) is 1.85. The van der Waals surface area contributed by atoms with Gasteiger partial charge in [0.15, 0.2) is 11.6 Å². The molecule has 1 aliphatic rings. The van der Waals surface area contributed by atoms with Crippen LogP contribution < -0.4 is 0 Å². The van der Waals surface area contributed by atoms with Gasteiger partial charge in [0.2, 0.25) is 0 Å². The largest absolute Gasteiger partial charge is 0.204 e. The maximum atomic E-state index is 13.5. The van der Waals surface area contributed by atoms with Crippen molar-refractivity contribution >= 4 is 32.8 Å². The number of halogens is 3. The van der Waals surface area contributed by atoms with E-state index in [9.17, 15) is 8.78 Å². The van der Waals surface area contributed by atoms with Crippen LogP contribution in [0.2, 0.25) is 0 Å². The lowest BCUT2D eigenvalue weighted by Crippen LogP contribution is -1.90. The zero-order valence-electron chi connectivity index (χ0n) is 9.67. The lowest BCUT2D eigenvalue weighted by atomic mass is 10.0. The molecule has 96 valence electrons. The molecule has 0 radical (unpaired) electrons. The molecule has 0 atom stereocenters. The number of nitriles is 2. The van der Waals surface area contributed by atoms with Gasteiger partial charge in [-0.05, 0) is 45.3 Å². The van der Waals surface area contributed by atoms with Crippen molar-refractivity contribution in [1.82, 2.24) is 0 Å². The molecule has 1 aromatic heterocycles. The van der Waals surface area contributed by atoms with Gasteiger partial charge >= 0.3 is 0 Å². The van der Waals surface area contributed by atoms with Crippen LogP contribution >= 0.6 is 27.3 Å². The van der Waals surface area contributed by atoms with E-state index in [4.69, 9.17) is 10.5 Å². The Hall–Kier alpha value is -2.02. The highest BCUT2D eigenvalue weighted by atomic mass is 79.9. The summed E-state index contributed by atoms with van der Waals surface area (Å²) in [6.07, 6.45) is 0. The quantitative estimate of drug-likeness (QED) is 0.556. The zero-order chi connectivity index (χ0) is 14.4. The molecule has 0 bridgehead atoms. The summed E-state index contributed by atoms with van der Waals surface area (Å²) in [7, 11) is 0. The summed E-state index contributed by atoms with van der Waals surface area (Å²) in [6.45, 7) is 0. The predicted molar refractivity (Wildman–Crippen MR) is 74.6 cm³/mol. The van der Waals surface area contributed by atoms with E-state index in [0.29, 0.717) is 27.1 Å². The number of fused-ring (bicyclic) bond motifs is 3. The molecule has 1 aliphatic carbocycles. The minimum Gasteiger partial charge on any atom is -0.204 e. The van der Waals surface area contributed by atoms with Crippen molar-refractivity contribution in [3.63, 3.8) is 0 Å². The highest BCUT2D eigenvalue weighted by Gasteiger charge is 2.30. The second-order valence-electron chi connectivity index (χ2n) is 4.08. The normalized spacial score (nSPS) is 11.6. The van der Waals surface area contributed by atoms with Gasteiger partial charge in [-0.3, -0.25) is 0 Å². The van der Waals surface area contributed by atoms with Crippen LogP contribution in [-0.2, 0) is 0 Å². The fraction of sp³-hybridized carbons (Fsp3) is 0. The number of allylic oxidation sites excluding steroid dienone is 1. The molecule has 0 saturated carbocycles. The molecule has 1 heterocycles. The van der Waals surface area contributed by atoms with E-state index in [1.165, 1.54) is 11.3 Å². The number of rotatable bonds is 0. The van der Waals surface area contributed by atoms with Crippen LogP contribution in [0.15, 0.2) is 27.6 Å². The summed E-state index contributed by atoms with van der Waals surface area (Å²) in [6, 6.07) is 7.53. The van der Waals surface area contributed by atoms with Crippen LogP contribution in [0.25, 0.3) is 16.7 Å². The van der Waals surface area contributed by atoms with Gasteiger partial charge in [0.25, 0.3) is 0 Å². The van der Waals surface area contributed by atoms with Gasteiger partial charge in [0, 0.05) is 16.0 Å². The highest BCUT2D eigenvalue weighted by molar-refractivity contribution is 9.11. The number of hydrogen-bond donors (Lipinski definition) is 0. The van der Waals surface area contributed by atoms with Gasteiger partial charge in [-0.25, -0.2) is 8.78 Å². The van der Waals surface area contributed by atoms with E-state index in [2.05, 4.69) is 15.9 Å². The van der Waals surface area contributed by atoms with Gasteiger partial charge in [-0.1, -0.05) is 0 Å². The van der Waals surface area contributed by atoms with E-state index in [1.807, 2.05) is 12.1 Å². The summed E-state index contributed by atoms with van der Waals surface area (Å²) >= 11 is 4.65. The van der Waals surface area contributed by atoms with Crippen molar-refractivity contribution in [3.8, 4) is 23.3 Å². The Morgan fingerprint density at radius 2 is 1.60 bits per heavy atom. The molecule has 0 amide bonds. The summed E-state index contributed by atoms with van der Waals surface area (Å²) in [5, 5.41) is 18.1. The minimum atomic E-state index is -0.995. The second kappa shape index (κ2) is 4.52. The standard InChI is InChI=1S/C14H3BrF2N2S/c15-12-3-9-7-1-10(16)11(17)2-8(7)13(14(9)20-12)6(4-18)5-19/h1-3H. The van der Waals surface area contributed by atoms with Gasteiger partial charge in [0.1, 0.15) is 17.7 Å². The average molecular weight is 349 g/mol. The highest BCUT2D eigenvalue weighted by Crippen LogP contribution is 2.51. The third-order valence-corrected chi connectivity index (χ3v) is 4.68.